The van der Waals surface area contributed by atoms with Crippen LogP contribution in [0.2, 0.25) is 0 Å². The van der Waals surface area contributed by atoms with E-state index in [0.29, 0.717) is 12.2 Å². The summed E-state index contributed by atoms with van der Waals surface area (Å²) in [5.41, 5.74) is 1.75. The predicted molar refractivity (Wildman–Crippen MR) is 86.0 cm³/mol. The first-order chi connectivity index (χ1) is 10.3. The number of ether oxygens (including phenoxy) is 1. The van der Waals surface area contributed by atoms with Crippen LogP contribution in [-0.2, 0) is 4.74 Å². The van der Waals surface area contributed by atoms with Crippen molar-refractivity contribution in [3.63, 3.8) is 0 Å². The van der Waals surface area contributed by atoms with Crippen molar-refractivity contribution < 1.29 is 14.4 Å². The Hall–Kier alpha value is -1.40. The number of morpholine rings is 1. The molecular formula is C16H21ClN2O3. The van der Waals surface area contributed by atoms with E-state index in [0.717, 1.165) is 44.1 Å². The molecule has 1 aliphatic rings. The third-order valence-electron chi connectivity index (χ3n) is 3.75. The molecule has 0 bridgehead atoms. The minimum atomic E-state index is -0.613. The minimum absolute atomic E-state index is 0. The highest BCUT2D eigenvalue weighted by Gasteiger charge is 2.17. The Balaban J connectivity index is 0.00000176. The van der Waals surface area contributed by atoms with Crippen LogP contribution in [0.5, 0.6) is 0 Å². The molecule has 0 radical (unpaired) electrons. The number of aliphatic hydroxyl groups excluding tert-OH is 1. The fourth-order valence-corrected chi connectivity index (χ4v) is 2.46. The van der Waals surface area contributed by atoms with Crippen LogP contribution in [0, 0.1) is 0 Å². The monoisotopic (exact) mass is 324 g/mol. The maximum atomic E-state index is 10.2. The van der Waals surface area contributed by atoms with Gasteiger partial charge in [0.2, 0.25) is 0 Å². The molecule has 3 rings (SSSR count). The molecular weight excluding hydrogens is 304 g/mol. The lowest BCUT2D eigenvalue weighted by atomic mass is 10.1. The van der Waals surface area contributed by atoms with Gasteiger partial charge >= 0.3 is 0 Å². The molecule has 1 aromatic heterocycles. The summed E-state index contributed by atoms with van der Waals surface area (Å²) in [6.45, 7) is 4.25. The van der Waals surface area contributed by atoms with Crippen molar-refractivity contribution in [3.8, 4) is 11.3 Å². The number of nitrogens with zero attached hydrogens (tertiary/aromatic N) is 2. The first-order valence-corrected chi connectivity index (χ1v) is 7.33. The Morgan fingerprint density at radius 2 is 1.91 bits per heavy atom. The van der Waals surface area contributed by atoms with Gasteiger partial charge in [-0.05, 0) is 6.42 Å². The third kappa shape index (κ3) is 4.30. The summed E-state index contributed by atoms with van der Waals surface area (Å²) in [6.07, 6.45) is 0.0291. The highest BCUT2D eigenvalue weighted by atomic mass is 35.5. The molecule has 120 valence electrons. The zero-order chi connectivity index (χ0) is 14.5. The fourth-order valence-electron chi connectivity index (χ4n) is 2.46. The van der Waals surface area contributed by atoms with Crippen LogP contribution in [0.4, 0.5) is 0 Å². The average molecular weight is 325 g/mol. The topological polar surface area (TPSA) is 58.7 Å². The molecule has 0 spiro atoms. The van der Waals surface area contributed by atoms with Gasteiger partial charge in [0.25, 0.3) is 0 Å². The number of halogens is 1. The molecule has 6 heteroatoms. The molecule has 5 nitrogen and oxygen atoms in total. The zero-order valence-corrected chi connectivity index (χ0v) is 13.2. The highest BCUT2D eigenvalue weighted by molar-refractivity contribution is 5.85. The van der Waals surface area contributed by atoms with Crippen LogP contribution in [-0.4, -0.2) is 48.0 Å². The van der Waals surface area contributed by atoms with Gasteiger partial charge in [-0.25, -0.2) is 0 Å². The number of rotatable bonds is 5. The number of hydrogen-bond donors (Lipinski definition) is 1. The van der Waals surface area contributed by atoms with E-state index in [2.05, 4.69) is 10.1 Å². The average Bonchev–Trinajstić information content (AvgIpc) is 3.04. The molecule has 2 aromatic rings. The van der Waals surface area contributed by atoms with Crippen molar-refractivity contribution >= 4 is 12.4 Å². The lowest BCUT2D eigenvalue weighted by molar-refractivity contribution is 0.0277. The summed E-state index contributed by atoms with van der Waals surface area (Å²) in [4.78, 5) is 2.29. The predicted octanol–water partition coefficient (Wildman–Crippen LogP) is 2.52. The second kappa shape index (κ2) is 8.29. The van der Waals surface area contributed by atoms with E-state index in [1.165, 1.54) is 0 Å². The van der Waals surface area contributed by atoms with Crippen molar-refractivity contribution in [2.75, 3.05) is 32.8 Å². The first kappa shape index (κ1) is 17.0. The lowest BCUT2D eigenvalue weighted by Gasteiger charge is -2.26. The molecule has 0 saturated carbocycles. The largest absolute Gasteiger partial charge is 0.385 e. The molecule has 1 atom stereocenters. The summed E-state index contributed by atoms with van der Waals surface area (Å²) in [5, 5.41) is 14.3. The molecule has 1 saturated heterocycles. The molecule has 2 heterocycles. The van der Waals surface area contributed by atoms with Gasteiger partial charge in [-0.3, -0.25) is 4.90 Å². The Morgan fingerprint density at radius 1 is 1.18 bits per heavy atom. The molecule has 22 heavy (non-hydrogen) atoms. The van der Waals surface area contributed by atoms with Crippen molar-refractivity contribution in [1.29, 1.82) is 0 Å². The molecule has 0 aliphatic carbocycles. The third-order valence-corrected chi connectivity index (χ3v) is 3.75. The number of aliphatic hydroxyl groups is 1. The van der Waals surface area contributed by atoms with Gasteiger partial charge in [0.1, 0.15) is 11.8 Å². The van der Waals surface area contributed by atoms with E-state index < -0.39 is 6.10 Å². The van der Waals surface area contributed by atoms with Crippen LogP contribution in [0.25, 0.3) is 11.3 Å². The molecule has 1 aromatic carbocycles. The Kier molecular flexibility index (Phi) is 6.39. The maximum Gasteiger partial charge on any atom is 0.165 e. The standard InChI is InChI=1S/C16H20N2O3.ClH/c19-15(6-7-18-8-10-20-11-9-18)16-12-14(17-21-16)13-4-2-1-3-5-13;/h1-5,12,15,19H,6-11H2;1H. The van der Waals surface area contributed by atoms with Crippen molar-refractivity contribution in [1.82, 2.24) is 10.1 Å². The van der Waals surface area contributed by atoms with Gasteiger partial charge in [-0.2, -0.15) is 0 Å². The summed E-state index contributed by atoms with van der Waals surface area (Å²) < 4.78 is 10.6. The molecule has 0 amide bonds. The molecule has 1 aliphatic heterocycles. The molecule has 1 fully saturated rings. The van der Waals surface area contributed by atoms with Gasteiger partial charge < -0.3 is 14.4 Å². The Morgan fingerprint density at radius 3 is 2.64 bits per heavy atom. The Labute approximate surface area is 136 Å². The van der Waals surface area contributed by atoms with E-state index >= 15 is 0 Å². The van der Waals surface area contributed by atoms with Gasteiger partial charge in [0, 0.05) is 31.3 Å². The van der Waals surface area contributed by atoms with Gasteiger partial charge in [0.15, 0.2) is 5.76 Å². The Bertz CT molecular complexity index is 556. The second-order valence-electron chi connectivity index (χ2n) is 5.24. The number of aromatic nitrogens is 1. The van der Waals surface area contributed by atoms with Crippen molar-refractivity contribution in [2.24, 2.45) is 0 Å². The second-order valence-corrected chi connectivity index (χ2v) is 5.24. The zero-order valence-electron chi connectivity index (χ0n) is 12.4. The maximum absolute atomic E-state index is 10.2. The lowest BCUT2D eigenvalue weighted by Crippen LogP contribution is -2.37. The van der Waals surface area contributed by atoms with E-state index in [1.54, 1.807) is 0 Å². The normalized spacial score (nSPS) is 17.0. The van der Waals surface area contributed by atoms with Gasteiger partial charge in [0.05, 0.1) is 13.2 Å². The van der Waals surface area contributed by atoms with E-state index in [-0.39, 0.29) is 12.4 Å². The fraction of sp³-hybridized carbons (Fsp3) is 0.438. The summed E-state index contributed by atoms with van der Waals surface area (Å²) >= 11 is 0. The van der Waals surface area contributed by atoms with E-state index in [1.807, 2.05) is 36.4 Å². The van der Waals surface area contributed by atoms with Crippen molar-refractivity contribution in [3.05, 3.63) is 42.2 Å². The summed E-state index contributed by atoms with van der Waals surface area (Å²) in [5.74, 6) is 0.530. The summed E-state index contributed by atoms with van der Waals surface area (Å²) in [6, 6.07) is 11.6. The molecule has 1 unspecified atom stereocenters. The van der Waals surface area contributed by atoms with Crippen LogP contribution in [0.3, 0.4) is 0 Å². The number of hydrogen-bond acceptors (Lipinski definition) is 5. The van der Waals surface area contributed by atoms with E-state index in [4.69, 9.17) is 9.26 Å². The highest BCUT2D eigenvalue weighted by Crippen LogP contribution is 2.24. The van der Waals surface area contributed by atoms with Gasteiger partial charge in [-0.1, -0.05) is 35.5 Å². The SMILES string of the molecule is Cl.OC(CCN1CCOCC1)c1cc(-c2ccccc2)no1. The minimum Gasteiger partial charge on any atom is -0.385 e. The van der Waals surface area contributed by atoms with Crippen LogP contribution < -0.4 is 0 Å². The van der Waals surface area contributed by atoms with Crippen molar-refractivity contribution in [2.45, 2.75) is 12.5 Å². The number of benzene rings is 1. The summed E-state index contributed by atoms with van der Waals surface area (Å²) in [7, 11) is 0. The molecule has 1 N–H and O–H groups in total. The van der Waals surface area contributed by atoms with Crippen LogP contribution in [0.15, 0.2) is 40.9 Å². The van der Waals surface area contributed by atoms with Gasteiger partial charge in [-0.15, -0.1) is 12.4 Å². The smallest absolute Gasteiger partial charge is 0.165 e. The first-order valence-electron chi connectivity index (χ1n) is 7.33. The van der Waals surface area contributed by atoms with E-state index in [9.17, 15) is 5.11 Å². The van der Waals surface area contributed by atoms with Crippen LogP contribution in [0.1, 0.15) is 18.3 Å². The van der Waals surface area contributed by atoms with Crippen LogP contribution >= 0.6 is 12.4 Å². The quantitative estimate of drug-likeness (QED) is 0.915.